The molecule has 3 nitrogen and oxygen atoms in total. The van der Waals surface area contributed by atoms with Crippen molar-refractivity contribution in [1.29, 1.82) is 0 Å². The number of hydrogen-bond donors (Lipinski definition) is 1. The Morgan fingerprint density at radius 1 is 1.44 bits per heavy atom. The Labute approximate surface area is 114 Å². The van der Waals surface area contributed by atoms with Crippen LogP contribution in [0.5, 0.6) is 0 Å². The standard InChI is InChI=1S/C13H16BrFN2O/c14-12-2-1-10(15)7-9(12)8-13(18)17-5-3-11(16)4-6-17/h1-2,7,11H,3-6,8,16H2. The van der Waals surface area contributed by atoms with E-state index in [9.17, 15) is 9.18 Å². The quantitative estimate of drug-likeness (QED) is 0.908. The number of rotatable bonds is 2. The number of amides is 1. The molecule has 1 saturated heterocycles. The molecule has 5 heteroatoms. The largest absolute Gasteiger partial charge is 0.342 e. The average Bonchev–Trinajstić information content (AvgIpc) is 2.34. The SMILES string of the molecule is NC1CCN(C(=O)Cc2cc(F)ccc2Br)CC1. The van der Waals surface area contributed by atoms with E-state index >= 15 is 0 Å². The second-order valence-corrected chi connectivity index (χ2v) is 5.49. The third kappa shape index (κ3) is 3.29. The smallest absolute Gasteiger partial charge is 0.227 e. The topological polar surface area (TPSA) is 46.3 Å². The van der Waals surface area contributed by atoms with Crippen molar-refractivity contribution in [1.82, 2.24) is 4.90 Å². The Hall–Kier alpha value is -0.940. The van der Waals surface area contributed by atoms with Gasteiger partial charge in [0.05, 0.1) is 6.42 Å². The van der Waals surface area contributed by atoms with Crippen molar-refractivity contribution < 1.29 is 9.18 Å². The van der Waals surface area contributed by atoms with Crippen molar-refractivity contribution in [3.8, 4) is 0 Å². The maximum atomic E-state index is 13.1. The highest BCUT2D eigenvalue weighted by molar-refractivity contribution is 9.10. The van der Waals surface area contributed by atoms with Gasteiger partial charge in [0, 0.05) is 23.6 Å². The van der Waals surface area contributed by atoms with Crippen LogP contribution in [0.1, 0.15) is 18.4 Å². The van der Waals surface area contributed by atoms with Gasteiger partial charge < -0.3 is 10.6 Å². The average molecular weight is 315 g/mol. The van der Waals surface area contributed by atoms with Gasteiger partial charge in [-0.1, -0.05) is 15.9 Å². The van der Waals surface area contributed by atoms with E-state index in [1.165, 1.54) is 12.1 Å². The normalized spacial score (nSPS) is 16.9. The second-order valence-electron chi connectivity index (χ2n) is 4.63. The molecule has 0 spiro atoms. The molecule has 1 heterocycles. The van der Waals surface area contributed by atoms with Crippen molar-refractivity contribution in [2.24, 2.45) is 5.73 Å². The molecule has 0 aromatic heterocycles. The summed E-state index contributed by atoms with van der Waals surface area (Å²) in [6.07, 6.45) is 1.92. The summed E-state index contributed by atoms with van der Waals surface area (Å²) in [6.45, 7) is 1.40. The highest BCUT2D eigenvalue weighted by atomic mass is 79.9. The number of carbonyl (C=O) groups is 1. The zero-order valence-electron chi connectivity index (χ0n) is 10.0. The van der Waals surface area contributed by atoms with Crippen LogP contribution in [0.25, 0.3) is 0 Å². The molecule has 0 radical (unpaired) electrons. The summed E-state index contributed by atoms with van der Waals surface area (Å²) in [6, 6.07) is 4.61. The number of nitrogens with two attached hydrogens (primary N) is 1. The number of hydrogen-bond acceptors (Lipinski definition) is 2. The van der Waals surface area contributed by atoms with Crippen LogP contribution in [0.15, 0.2) is 22.7 Å². The molecule has 2 rings (SSSR count). The van der Waals surface area contributed by atoms with E-state index in [0.717, 1.165) is 17.3 Å². The first-order valence-corrected chi connectivity index (χ1v) is 6.83. The monoisotopic (exact) mass is 314 g/mol. The fourth-order valence-electron chi connectivity index (χ4n) is 2.10. The fourth-order valence-corrected chi connectivity index (χ4v) is 2.49. The Morgan fingerprint density at radius 3 is 2.78 bits per heavy atom. The van der Waals surface area contributed by atoms with Crippen LogP contribution in [0.4, 0.5) is 4.39 Å². The molecule has 0 bridgehead atoms. The Morgan fingerprint density at radius 2 is 2.11 bits per heavy atom. The number of piperidine rings is 1. The predicted molar refractivity (Wildman–Crippen MR) is 71.6 cm³/mol. The molecular weight excluding hydrogens is 299 g/mol. The Balaban J connectivity index is 2.00. The molecule has 1 amide bonds. The van der Waals surface area contributed by atoms with Crippen molar-refractivity contribution in [2.45, 2.75) is 25.3 Å². The van der Waals surface area contributed by atoms with Gasteiger partial charge in [-0.25, -0.2) is 4.39 Å². The van der Waals surface area contributed by atoms with Crippen LogP contribution in [0.3, 0.4) is 0 Å². The summed E-state index contributed by atoms with van der Waals surface area (Å²) in [5.74, 6) is -0.283. The molecular formula is C13H16BrFN2O. The van der Waals surface area contributed by atoms with Gasteiger partial charge in [-0.2, -0.15) is 0 Å². The summed E-state index contributed by atoms with van der Waals surface area (Å²) in [5, 5.41) is 0. The molecule has 1 fully saturated rings. The van der Waals surface area contributed by atoms with Gasteiger partial charge in [-0.05, 0) is 36.6 Å². The van der Waals surface area contributed by atoms with Gasteiger partial charge in [0.25, 0.3) is 0 Å². The molecule has 98 valence electrons. The van der Waals surface area contributed by atoms with E-state index in [2.05, 4.69) is 15.9 Å². The van der Waals surface area contributed by atoms with E-state index in [1.807, 2.05) is 0 Å². The van der Waals surface area contributed by atoms with E-state index in [4.69, 9.17) is 5.73 Å². The Bertz CT molecular complexity index is 445. The summed E-state index contributed by atoms with van der Waals surface area (Å²) < 4.78 is 13.9. The zero-order chi connectivity index (χ0) is 13.1. The van der Waals surface area contributed by atoms with Crippen molar-refractivity contribution in [2.75, 3.05) is 13.1 Å². The second kappa shape index (κ2) is 5.80. The maximum absolute atomic E-state index is 13.1. The summed E-state index contributed by atoms with van der Waals surface area (Å²) in [5.41, 5.74) is 6.49. The number of likely N-dealkylation sites (tertiary alicyclic amines) is 1. The van der Waals surface area contributed by atoms with Gasteiger partial charge in [0.15, 0.2) is 0 Å². The third-order valence-corrected chi connectivity index (χ3v) is 4.02. The third-order valence-electron chi connectivity index (χ3n) is 3.24. The first-order chi connectivity index (χ1) is 8.56. The van der Waals surface area contributed by atoms with Crippen LogP contribution in [-0.4, -0.2) is 29.9 Å². The molecule has 1 aliphatic heterocycles. The Kier molecular flexibility index (Phi) is 4.35. The van der Waals surface area contributed by atoms with Gasteiger partial charge in [0.2, 0.25) is 5.91 Å². The first-order valence-electron chi connectivity index (χ1n) is 6.03. The number of nitrogens with zero attached hydrogens (tertiary/aromatic N) is 1. The van der Waals surface area contributed by atoms with Crippen LogP contribution >= 0.6 is 15.9 Å². The lowest BCUT2D eigenvalue weighted by molar-refractivity contribution is -0.131. The highest BCUT2D eigenvalue weighted by Gasteiger charge is 2.21. The van der Waals surface area contributed by atoms with Gasteiger partial charge >= 0.3 is 0 Å². The lowest BCUT2D eigenvalue weighted by Crippen LogP contribution is -2.43. The summed E-state index contributed by atoms with van der Waals surface area (Å²) >= 11 is 3.34. The van der Waals surface area contributed by atoms with Gasteiger partial charge in [0.1, 0.15) is 5.82 Å². The molecule has 1 aromatic carbocycles. The van der Waals surface area contributed by atoms with Gasteiger partial charge in [-0.3, -0.25) is 4.79 Å². The lowest BCUT2D eigenvalue weighted by Gasteiger charge is -2.30. The van der Waals surface area contributed by atoms with E-state index in [0.29, 0.717) is 18.7 Å². The van der Waals surface area contributed by atoms with Crippen LogP contribution < -0.4 is 5.73 Å². The number of benzene rings is 1. The van der Waals surface area contributed by atoms with Crippen LogP contribution in [-0.2, 0) is 11.2 Å². The maximum Gasteiger partial charge on any atom is 0.227 e. The predicted octanol–water partition coefficient (Wildman–Crippen LogP) is 2.08. The molecule has 18 heavy (non-hydrogen) atoms. The van der Waals surface area contributed by atoms with Crippen LogP contribution in [0.2, 0.25) is 0 Å². The zero-order valence-corrected chi connectivity index (χ0v) is 11.6. The highest BCUT2D eigenvalue weighted by Crippen LogP contribution is 2.20. The minimum absolute atomic E-state index is 0.0354. The minimum atomic E-state index is -0.318. The minimum Gasteiger partial charge on any atom is -0.342 e. The van der Waals surface area contributed by atoms with Crippen molar-refractivity contribution in [3.63, 3.8) is 0 Å². The van der Waals surface area contributed by atoms with Crippen LogP contribution in [0, 0.1) is 5.82 Å². The van der Waals surface area contributed by atoms with E-state index < -0.39 is 0 Å². The molecule has 1 aliphatic rings. The molecule has 0 saturated carbocycles. The number of halogens is 2. The molecule has 0 atom stereocenters. The molecule has 2 N–H and O–H groups in total. The lowest BCUT2D eigenvalue weighted by atomic mass is 10.0. The van der Waals surface area contributed by atoms with Crippen molar-refractivity contribution >= 4 is 21.8 Å². The van der Waals surface area contributed by atoms with Crippen molar-refractivity contribution in [3.05, 3.63) is 34.1 Å². The molecule has 0 aliphatic carbocycles. The summed E-state index contributed by atoms with van der Waals surface area (Å²) in [4.78, 5) is 13.9. The first kappa shape index (κ1) is 13.5. The van der Waals surface area contributed by atoms with E-state index in [-0.39, 0.29) is 24.2 Å². The fraction of sp³-hybridized carbons (Fsp3) is 0.462. The number of carbonyl (C=O) groups excluding carboxylic acids is 1. The summed E-state index contributed by atoms with van der Waals surface area (Å²) in [7, 11) is 0. The molecule has 0 unspecified atom stereocenters. The van der Waals surface area contributed by atoms with E-state index in [1.54, 1.807) is 11.0 Å². The molecule has 1 aromatic rings. The van der Waals surface area contributed by atoms with Gasteiger partial charge in [-0.15, -0.1) is 0 Å².